The Hall–Kier alpha value is -3.38. The predicted molar refractivity (Wildman–Crippen MR) is 85.4 cm³/mol. The molecule has 114 valence electrons. The molecule has 2 aromatic rings. The van der Waals surface area contributed by atoms with Crippen LogP contribution in [0.15, 0.2) is 30.3 Å². The van der Waals surface area contributed by atoms with E-state index in [0.717, 1.165) is 0 Å². The van der Waals surface area contributed by atoms with E-state index in [0.29, 0.717) is 11.1 Å². The van der Waals surface area contributed by atoms with E-state index in [4.69, 9.17) is 17.0 Å². The molecule has 0 saturated heterocycles. The van der Waals surface area contributed by atoms with E-state index in [1.807, 2.05) is 12.1 Å². The van der Waals surface area contributed by atoms with Gasteiger partial charge < -0.3 is 10.5 Å². The lowest BCUT2D eigenvalue weighted by Crippen LogP contribution is -2.12. The van der Waals surface area contributed by atoms with E-state index in [-0.39, 0.29) is 35.8 Å². The summed E-state index contributed by atoms with van der Waals surface area (Å²) in [5.41, 5.74) is 7.43. The van der Waals surface area contributed by atoms with Crippen LogP contribution in [-0.2, 0) is 16.0 Å². The van der Waals surface area contributed by atoms with Crippen LogP contribution < -0.4 is 5.73 Å². The number of hydrogen-bond donors (Lipinski definition) is 1. The maximum atomic E-state index is 11.7. The lowest BCUT2D eigenvalue weighted by Gasteiger charge is -2.13. The summed E-state index contributed by atoms with van der Waals surface area (Å²) in [7, 11) is 0. The maximum absolute atomic E-state index is 11.7. The summed E-state index contributed by atoms with van der Waals surface area (Å²) in [6, 6.07) is 11.0. The van der Waals surface area contributed by atoms with Gasteiger partial charge in [-0.25, -0.2) is 9.83 Å². The standard InChI is InChI=1S/C17H14N4O2/c1-3-23-14(22)9-13-12(10-18)15(11-7-5-4-6-8-11)16(20-2)17(19)21-13/h4-8H,3,9H2,1H3,(H2,19,21). The SMILES string of the molecule is [C-]#[N+]c1c(N)nc(CC(=O)OCC)c(C#N)c1-c1ccccc1. The fraction of sp³-hybridized carbons (Fsp3) is 0.176. The Morgan fingerprint density at radius 2 is 2.13 bits per heavy atom. The molecule has 6 nitrogen and oxygen atoms in total. The van der Waals surface area contributed by atoms with Crippen molar-refractivity contribution in [2.24, 2.45) is 0 Å². The third-order valence-corrected chi connectivity index (χ3v) is 3.18. The molecule has 23 heavy (non-hydrogen) atoms. The van der Waals surface area contributed by atoms with Gasteiger partial charge in [-0.3, -0.25) is 4.79 Å². The molecular weight excluding hydrogens is 292 g/mol. The Morgan fingerprint density at radius 1 is 1.43 bits per heavy atom. The van der Waals surface area contributed by atoms with Gasteiger partial charge in [-0.1, -0.05) is 30.3 Å². The number of nitrogens with two attached hydrogens (primary N) is 1. The molecule has 0 spiro atoms. The van der Waals surface area contributed by atoms with Gasteiger partial charge in [0.25, 0.3) is 0 Å². The number of nitriles is 1. The van der Waals surface area contributed by atoms with Gasteiger partial charge in [-0.05, 0) is 12.5 Å². The highest BCUT2D eigenvalue weighted by Gasteiger charge is 2.21. The molecule has 1 heterocycles. The minimum Gasteiger partial charge on any atom is -0.466 e. The van der Waals surface area contributed by atoms with Crippen molar-refractivity contribution in [2.45, 2.75) is 13.3 Å². The van der Waals surface area contributed by atoms with Gasteiger partial charge in [-0.2, -0.15) is 5.26 Å². The van der Waals surface area contributed by atoms with Crippen molar-refractivity contribution >= 4 is 17.5 Å². The van der Waals surface area contributed by atoms with Crippen LogP contribution in [0.3, 0.4) is 0 Å². The Labute approximate surface area is 134 Å². The number of carbonyl (C=O) groups is 1. The zero-order chi connectivity index (χ0) is 16.8. The Kier molecular flexibility index (Phi) is 4.91. The zero-order valence-electron chi connectivity index (χ0n) is 12.5. The van der Waals surface area contributed by atoms with Gasteiger partial charge in [0.1, 0.15) is 11.9 Å². The normalized spacial score (nSPS) is 9.70. The molecule has 0 unspecified atom stereocenters. The Bertz CT molecular complexity index is 817. The number of pyridine rings is 1. The minimum atomic E-state index is -0.495. The van der Waals surface area contributed by atoms with E-state index < -0.39 is 5.97 Å². The number of ether oxygens (including phenoxy) is 1. The van der Waals surface area contributed by atoms with E-state index in [2.05, 4.69) is 9.83 Å². The molecule has 0 aliphatic heterocycles. The molecule has 0 aliphatic rings. The maximum Gasteiger partial charge on any atom is 0.311 e. The molecule has 2 N–H and O–H groups in total. The lowest BCUT2D eigenvalue weighted by atomic mass is 9.96. The molecule has 0 radical (unpaired) electrons. The van der Waals surface area contributed by atoms with Crippen LogP contribution >= 0.6 is 0 Å². The van der Waals surface area contributed by atoms with Crippen molar-refractivity contribution in [3.63, 3.8) is 0 Å². The molecule has 0 saturated carbocycles. The largest absolute Gasteiger partial charge is 0.466 e. The highest BCUT2D eigenvalue weighted by Crippen LogP contribution is 2.38. The molecule has 0 bridgehead atoms. The number of aromatic nitrogens is 1. The number of rotatable bonds is 4. The van der Waals surface area contributed by atoms with Crippen LogP contribution in [0.5, 0.6) is 0 Å². The number of carbonyl (C=O) groups excluding carboxylic acids is 1. The Morgan fingerprint density at radius 3 is 2.70 bits per heavy atom. The van der Waals surface area contributed by atoms with Crippen LogP contribution in [0, 0.1) is 17.9 Å². The average molecular weight is 306 g/mol. The highest BCUT2D eigenvalue weighted by atomic mass is 16.5. The number of esters is 1. The smallest absolute Gasteiger partial charge is 0.311 e. The highest BCUT2D eigenvalue weighted by molar-refractivity contribution is 5.90. The first-order chi connectivity index (χ1) is 11.1. The Balaban J connectivity index is 2.69. The van der Waals surface area contributed by atoms with Crippen LogP contribution in [0.25, 0.3) is 16.0 Å². The van der Waals surface area contributed by atoms with Gasteiger partial charge >= 0.3 is 5.97 Å². The summed E-state index contributed by atoms with van der Waals surface area (Å²) in [6.07, 6.45) is -0.168. The van der Waals surface area contributed by atoms with E-state index >= 15 is 0 Å². The molecule has 6 heteroatoms. The first-order valence-corrected chi connectivity index (χ1v) is 6.93. The summed E-state index contributed by atoms with van der Waals surface area (Å²) in [5, 5.41) is 9.53. The van der Waals surface area contributed by atoms with Crippen molar-refractivity contribution in [2.75, 3.05) is 12.3 Å². The van der Waals surface area contributed by atoms with Crippen molar-refractivity contribution in [3.8, 4) is 17.2 Å². The van der Waals surface area contributed by atoms with Gasteiger partial charge in [-0.15, -0.1) is 0 Å². The number of nitrogen functional groups attached to an aromatic ring is 1. The van der Waals surface area contributed by atoms with Gasteiger partial charge in [0.05, 0.1) is 30.9 Å². The average Bonchev–Trinajstić information content (AvgIpc) is 2.55. The fourth-order valence-corrected chi connectivity index (χ4v) is 2.24. The summed E-state index contributed by atoms with van der Waals surface area (Å²) >= 11 is 0. The predicted octanol–water partition coefficient (Wildman–Crippen LogP) is 2.86. The topological polar surface area (TPSA) is 93.4 Å². The van der Waals surface area contributed by atoms with Crippen molar-refractivity contribution in [3.05, 3.63) is 53.0 Å². The van der Waals surface area contributed by atoms with E-state index in [1.165, 1.54) is 0 Å². The molecule has 0 amide bonds. The second-order valence-corrected chi connectivity index (χ2v) is 4.61. The van der Waals surface area contributed by atoms with Crippen LogP contribution in [-0.4, -0.2) is 17.6 Å². The first-order valence-electron chi connectivity index (χ1n) is 6.93. The molecule has 2 rings (SSSR count). The molecular formula is C17H14N4O2. The molecule has 0 fully saturated rings. The second-order valence-electron chi connectivity index (χ2n) is 4.61. The number of hydrogen-bond acceptors (Lipinski definition) is 5. The molecule has 1 aromatic carbocycles. The zero-order valence-corrected chi connectivity index (χ0v) is 12.5. The van der Waals surface area contributed by atoms with Crippen molar-refractivity contribution in [1.82, 2.24) is 4.98 Å². The van der Waals surface area contributed by atoms with Crippen molar-refractivity contribution in [1.29, 1.82) is 5.26 Å². The lowest BCUT2D eigenvalue weighted by molar-refractivity contribution is -0.142. The third-order valence-electron chi connectivity index (χ3n) is 3.18. The molecule has 0 aliphatic carbocycles. The summed E-state index contributed by atoms with van der Waals surface area (Å²) in [5.74, 6) is -0.498. The summed E-state index contributed by atoms with van der Waals surface area (Å²) < 4.78 is 4.90. The fourth-order valence-electron chi connectivity index (χ4n) is 2.24. The van der Waals surface area contributed by atoms with Crippen LogP contribution in [0.1, 0.15) is 18.2 Å². The van der Waals surface area contributed by atoms with Crippen LogP contribution in [0.4, 0.5) is 11.5 Å². The first kappa shape index (κ1) is 16.0. The van der Waals surface area contributed by atoms with Crippen molar-refractivity contribution < 1.29 is 9.53 Å². The third kappa shape index (κ3) is 3.28. The number of anilines is 1. The monoisotopic (exact) mass is 306 g/mol. The van der Waals surface area contributed by atoms with Gasteiger partial charge in [0.15, 0.2) is 0 Å². The molecule has 1 aromatic heterocycles. The quantitative estimate of drug-likeness (QED) is 0.692. The number of nitrogens with zero attached hydrogens (tertiary/aromatic N) is 3. The van der Waals surface area contributed by atoms with Gasteiger partial charge in [0.2, 0.25) is 5.69 Å². The van der Waals surface area contributed by atoms with E-state index in [9.17, 15) is 10.1 Å². The second kappa shape index (κ2) is 7.06. The summed E-state index contributed by atoms with van der Waals surface area (Å²) in [4.78, 5) is 19.2. The van der Waals surface area contributed by atoms with E-state index in [1.54, 1.807) is 31.2 Å². The summed E-state index contributed by atoms with van der Waals surface area (Å²) in [6.45, 7) is 9.26. The molecule has 0 atom stereocenters. The van der Waals surface area contributed by atoms with Crippen LogP contribution in [0.2, 0.25) is 0 Å². The van der Waals surface area contributed by atoms with Gasteiger partial charge in [0, 0.05) is 5.56 Å². The number of benzene rings is 1. The minimum absolute atomic E-state index is 0.00264.